The van der Waals surface area contributed by atoms with Crippen molar-refractivity contribution in [3.63, 3.8) is 0 Å². The Morgan fingerprint density at radius 3 is 2.78 bits per heavy atom. The number of imidazole rings is 1. The van der Waals surface area contributed by atoms with Gasteiger partial charge in [-0.1, -0.05) is 6.92 Å². The number of nitrogens with one attached hydrogen (secondary N) is 2. The minimum atomic E-state index is -3.73. The lowest BCUT2D eigenvalue weighted by Crippen LogP contribution is -2.41. The molecule has 0 aliphatic heterocycles. The van der Waals surface area contributed by atoms with Gasteiger partial charge in [0.05, 0.1) is 6.04 Å². The van der Waals surface area contributed by atoms with Crippen molar-refractivity contribution in [3.8, 4) is 0 Å². The lowest BCUT2D eigenvalue weighted by atomic mass is 10.3. The average Bonchev–Trinajstić information content (AvgIpc) is 2.61. The SMILES string of the molecule is CCCn1cc(S(=O)(=O)NC(C)C(=N)N)nc1C. The van der Waals surface area contributed by atoms with Crippen LogP contribution in [0.4, 0.5) is 0 Å². The van der Waals surface area contributed by atoms with Crippen molar-refractivity contribution >= 4 is 15.9 Å². The first-order valence-electron chi connectivity index (χ1n) is 5.68. The summed E-state index contributed by atoms with van der Waals surface area (Å²) in [6.07, 6.45) is 2.39. The largest absolute Gasteiger partial charge is 0.386 e. The molecule has 0 bridgehead atoms. The fourth-order valence-corrected chi connectivity index (χ4v) is 2.66. The highest BCUT2D eigenvalue weighted by atomic mass is 32.2. The van der Waals surface area contributed by atoms with E-state index in [0.29, 0.717) is 5.82 Å². The molecule has 0 saturated heterocycles. The quantitative estimate of drug-likeness (QED) is 0.507. The normalized spacial score (nSPS) is 13.5. The molecule has 18 heavy (non-hydrogen) atoms. The van der Waals surface area contributed by atoms with Crippen molar-refractivity contribution in [2.24, 2.45) is 5.73 Å². The Kier molecular flexibility index (Phi) is 4.47. The van der Waals surface area contributed by atoms with Gasteiger partial charge in [0.1, 0.15) is 11.7 Å². The van der Waals surface area contributed by atoms with E-state index in [4.69, 9.17) is 11.1 Å². The van der Waals surface area contributed by atoms with E-state index < -0.39 is 16.1 Å². The Morgan fingerprint density at radius 2 is 2.28 bits per heavy atom. The summed E-state index contributed by atoms with van der Waals surface area (Å²) >= 11 is 0. The van der Waals surface area contributed by atoms with Crippen molar-refractivity contribution in [1.29, 1.82) is 5.41 Å². The summed E-state index contributed by atoms with van der Waals surface area (Å²) in [4.78, 5) is 4.01. The molecule has 1 heterocycles. The summed E-state index contributed by atoms with van der Waals surface area (Å²) in [5, 5.41) is 7.14. The number of sulfonamides is 1. The van der Waals surface area contributed by atoms with Crippen LogP contribution >= 0.6 is 0 Å². The number of hydrogen-bond donors (Lipinski definition) is 3. The molecular formula is C10H19N5O2S. The highest BCUT2D eigenvalue weighted by Gasteiger charge is 2.22. The molecular weight excluding hydrogens is 254 g/mol. The summed E-state index contributed by atoms with van der Waals surface area (Å²) in [6.45, 7) is 5.99. The second-order valence-electron chi connectivity index (χ2n) is 4.12. The van der Waals surface area contributed by atoms with E-state index in [1.807, 2.05) is 6.92 Å². The third kappa shape index (κ3) is 3.30. The zero-order chi connectivity index (χ0) is 13.9. The Hall–Kier alpha value is -1.41. The molecule has 0 saturated carbocycles. The van der Waals surface area contributed by atoms with Crippen LogP contribution in [0.3, 0.4) is 0 Å². The Labute approximate surface area is 107 Å². The van der Waals surface area contributed by atoms with E-state index in [1.165, 1.54) is 13.1 Å². The first-order chi connectivity index (χ1) is 8.27. The number of aryl methyl sites for hydroxylation is 2. The second kappa shape index (κ2) is 5.49. The average molecular weight is 273 g/mol. The number of amidine groups is 1. The predicted molar refractivity (Wildman–Crippen MR) is 69.0 cm³/mol. The smallest absolute Gasteiger partial charge is 0.260 e. The highest BCUT2D eigenvalue weighted by molar-refractivity contribution is 7.89. The Morgan fingerprint density at radius 1 is 1.67 bits per heavy atom. The van der Waals surface area contributed by atoms with Crippen LogP contribution in [-0.4, -0.2) is 29.8 Å². The standard InChI is InChI=1S/C10H19N5O2S/c1-4-5-15-6-9(13-8(15)3)18(16,17)14-7(2)10(11)12/h6-7,14H,4-5H2,1-3H3,(H3,11,12). The highest BCUT2D eigenvalue weighted by Crippen LogP contribution is 2.10. The van der Waals surface area contributed by atoms with Gasteiger partial charge in [-0.2, -0.15) is 4.72 Å². The first-order valence-corrected chi connectivity index (χ1v) is 7.16. The molecule has 4 N–H and O–H groups in total. The third-order valence-corrected chi connectivity index (χ3v) is 3.90. The molecule has 1 unspecified atom stereocenters. The molecule has 1 aromatic rings. The Bertz CT molecular complexity index is 534. The predicted octanol–water partition coefficient (Wildman–Crippen LogP) is 0.204. The van der Waals surface area contributed by atoms with Gasteiger partial charge in [0, 0.05) is 12.7 Å². The molecule has 8 heteroatoms. The number of hydrogen-bond acceptors (Lipinski definition) is 4. The van der Waals surface area contributed by atoms with Gasteiger partial charge < -0.3 is 10.3 Å². The molecule has 1 rings (SSSR count). The third-order valence-electron chi connectivity index (χ3n) is 2.49. The lowest BCUT2D eigenvalue weighted by Gasteiger charge is -2.10. The molecule has 0 amide bonds. The van der Waals surface area contributed by atoms with Crippen LogP contribution in [0.1, 0.15) is 26.1 Å². The van der Waals surface area contributed by atoms with Crippen LogP contribution in [0.25, 0.3) is 0 Å². The topological polar surface area (TPSA) is 114 Å². The van der Waals surface area contributed by atoms with Gasteiger partial charge in [0.25, 0.3) is 10.0 Å². The monoisotopic (exact) mass is 273 g/mol. The molecule has 7 nitrogen and oxygen atoms in total. The van der Waals surface area contributed by atoms with Crippen molar-refractivity contribution < 1.29 is 8.42 Å². The van der Waals surface area contributed by atoms with E-state index in [9.17, 15) is 8.42 Å². The van der Waals surface area contributed by atoms with Crippen LogP contribution in [0, 0.1) is 12.3 Å². The zero-order valence-electron chi connectivity index (χ0n) is 10.8. The molecule has 102 valence electrons. The second-order valence-corrected chi connectivity index (χ2v) is 5.78. The van der Waals surface area contributed by atoms with Crippen molar-refractivity contribution in [1.82, 2.24) is 14.3 Å². The summed E-state index contributed by atoms with van der Waals surface area (Å²) < 4.78 is 28.0. The van der Waals surface area contributed by atoms with Crippen LogP contribution in [0.2, 0.25) is 0 Å². The van der Waals surface area contributed by atoms with Gasteiger partial charge in [-0.3, -0.25) is 5.41 Å². The first kappa shape index (κ1) is 14.7. The fourth-order valence-electron chi connectivity index (χ4n) is 1.43. The maximum atomic E-state index is 12.0. The lowest BCUT2D eigenvalue weighted by molar-refractivity contribution is 0.574. The maximum absolute atomic E-state index is 12.0. The summed E-state index contributed by atoms with van der Waals surface area (Å²) in [5.74, 6) is 0.413. The van der Waals surface area contributed by atoms with E-state index in [0.717, 1.165) is 13.0 Å². The van der Waals surface area contributed by atoms with E-state index in [-0.39, 0.29) is 10.9 Å². The molecule has 0 fully saturated rings. The minimum absolute atomic E-state index is 0.0402. The summed E-state index contributed by atoms with van der Waals surface area (Å²) in [7, 11) is -3.73. The van der Waals surface area contributed by atoms with Gasteiger partial charge in [-0.25, -0.2) is 13.4 Å². The molecule has 0 aliphatic carbocycles. The molecule has 0 spiro atoms. The van der Waals surface area contributed by atoms with Crippen LogP contribution in [-0.2, 0) is 16.6 Å². The number of nitrogens with zero attached hydrogens (tertiary/aromatic N) is 2. The molecule has 1 aromatic heterocycles. The number of rotatable bonds is 6. The summed E-state index contributed by atoms with van der Waals surface area (Å²) in [6, 6.07) is -0.744. The zero-order valence-corrected chi connectivity index (χ0v) is 11.6. The van der Waals surface area contributed by atoms with Gasteiger partial charge in [0.2, 0.25) is 0 Å². The fraction of sp³-hybridized carbons (Fsp3) is 0.600. The van der Waals surface area contributed by atoms with E-state index in [2.05, 4.69) is 9.71 Å². The minimum Gasteiger partial charge on any atom is -0.386 e. The van der Waals surface area contributed by atoms with Crippen molar-refractivity contribution in [2.45, 2.75) is 44.8 Å². The van der Waals surface area contributed by atoms with Gasteiger partial charge in [-0.15, -0.1) is 0 Å². The maximum Gasteiger partial charge on any atom is 0.260 e. The molecule has 0 aromatic carbocycles. The van der Waals surface area contributed by atoms with E-state index in [1.54, 1.807) is 11.5 Å². The molecule has 1 atom stereocenters. The van der Waals surface area contributed by atoms with Crippen LogP contribution < -0.4 is 10.5 Å². The molecule has 0 radical (unpaired) electrons. The number of aromatic nitrogens is 2. The van der Waals surface area contributed by atoms with Crippen LogP contribution in [0.15, 0.2) is 11.2 Å². The van der Waals surface area contributed by atoms with Crippen molar-refractivity contribution in [2.75, 3.05) is 0 Å². The Balaban J connectivity index is 2.98. The van der Waals surface area contributed by atoms with Crippen LogP contribution in [0.5, 0.6) is 0 Å². The van der Waals surface area contributed by atoms with Crippen molar-refractivity contribution in [3.05, 3.63) is 12.0 Å². The summed E-state index contributed by atoms with van der Waals surface area (Å²) in [5.41, 5.74) is 5.23. The van der Waals surface area contributed by atoms with Gasteiger partial charge in [0.15, 0.2) is 5.03 Å². The van der Waals surface area contributed by atoms with E-state index >= 15 is 0 Å². The molecule has 0 aliphatic rings. The number of nitrogens with two attached hydrogens (primary N) is 1. The van der Waals surface area contributed by atoms with Gasteiger partial charge in [-0.05, 0) is 20.3 Å². The van der Waals surface area contributed by atoms with Gasteiger partial charge >= 0.3 is 0 Å².